The summed E-state index contributed by atoms with van der Waals surface area (Å²) in [5, 5.41) is 9.75. The van der Waals surface area contributed by atoms with Crippen LogP contribution in [0.25, 0.3) is 11.3 Å². The van der Waals surface area contributed by atoms with Gasteiger partial charge in [0, 0.05) is 22.5 Å². The zero-order valence-corrected chi connectivity index (χ0v) is 12.0. The minimum atomic E-state index is -0.106. The highest BCUT2D eigenvalue weighted by atomic mass is 35.5. The van der Waals surface area contributed by atoms with Crippen molar-refractivity contribution in [3.63, 3.8) is 0 Å². The van der Waals surface area contributed by atoms with Gasteiger partial charge in [-0.15, -0.1) is 11.8 Å². The molecule has 1 aromatic carbocycles. The van der Waals surface area contributed by atoms with Gasteiger partial charge in [0.1, 0.15) is 0 Å². The maximum absolute atomic E-state index is 12.1. The Balaban J connectivity index is 2.61. The van der Waals surface area contributed by atoms with Crippen LogP contribution in [0.3, 0.4) is 0 Å². The lowest BCUT2D eigenvalue weighted by molar-refractivity contribution is 0.275. The van der Waals surface area contributed by atoms with E-state index in [0.29, 0.717) is 5.02 Å². The summed E-state index contributed by atoms with van der Waals surface area (Å²) in [4.78, 5) is 13.0. The Bertz CT molecular complexity index is 622. The molecule has 0 fully saturated rings. The molecule has 0 unspecified atom stereocenters. The maximum Gasteiger partial charge on any atom is 0.252 e. The summed E-state index contributed by atoms with van der Waals surface area (Å²) in [5.74, 6) is 0. The van der Waals surface area contributed by atoms with Crippen molar-refractivity contribution in [3.05, 3.63) is 51.8 Å². The number of aliphatic hydroxyl groups excluding tert-OH is 1. The summed E-state index contributed by atoms with van der Waals surface area (Å²) in [5.41, 5.74) is 1.60. The zero-order valence-electron chi connectivity index (χ0n) is 10.5. The molecule has 0 aliphatic carbocycles. The van der Waals surface area contributed by atoms with Crippen LogP contribution in [0.5, 0.6) is 0 Å². The van der Waals surface area contributed by atoms with Crippen LogP contribution >= 0.6 is 23.4 Å². The van der Waals surface area contributed by atoms with Gasteiger partial charge in [-0.05, 0) is 30.0 Å². The molecule has 0 bridgehead atoms. The van der Waals surface area contributed by atoms with Crippen LogP contribution in [0.2, 0.25) is 5.02 Å². The number of hydrogen-bond donors (Lipinski definition) is 1. The number of nitrogens with zero attached hydrogens (tertiary/aromatic N) is 1. The van der Waals surface area contributed by atoms with Crippen LogP contribution < -0.4 is 5.56 Å². The van der Waals surface area contributed by atoms with Crippen molar-refractivity contribution in [1.29, 1.82) is 0 Å². The summed E-state index contributed by atoms with van der Waals surface area (Å²) in [7, 11) is 0. The molecule has 0 aliphatic heterocycles. The van der Waals surface area contributed by atoms with E-state index in [0.717, 1.165) is 16.2 Å². The van der Waals surface area contributed by atoms with Gasteiger partial charge in [0.25, 0.3) is 5.56 Å². The lowest BCUT2D eigenvalue weighted by Crippen LogP contribution is -2.22. The summed E-state index contributed by atoms with van der Waals surface area (Å²) >= 11 is 7.40. The van der Waals surface area contributed by atoms with Gasteiger partial charge >= 0.3 is 0 Å². The van der Waals surface area contributed by atoms with Crippen LogP contribution in [-0.4, -0.2) is 22.5 Å². The van der Waals surface area contributed by atoms with Crippen molar-refractivity contribution in [3.8, 4) is 11.3 Å². The van der Waals surface area contributed by atoms with E-state index in [2.05, 4.69) is 0 Å². The van der Waals surface area contributed by atoms with Crippen molar-refractivity contribution < 1.29 is 5.11 Å². The van der Waals surface area contributed by atoms with Gasteiger partial charge in [0.2, 0.25) is 0 Å². The number of aliphatic hydroxyl groups is 1. The first-order valence-corrected chi connectivity index (χ1v) is 7.41. The SMILES string of the molecule is CSc1cc(-c2ccc(Cl)cc2)n(CCO)c(=O)c1. The Kier molecular flexibility index (Phi) is 4.69. The molecule has 2 aromatic rings. The number of thioether (sulfide) groups is 1. The number of halogens is 1. The highest BCUT2D eigenvalue weighted by Gasteiger charge is 2.08. The van der Waals surface area contributed by atoms with E-state index in [1.807, 2.05) is 24.5 Å². The molecule has 1 N–H and O–H groups in total. The first-order valence-electron chi connectivity index (χ1n) is 5.81. The fourth-order valence-corrected chi connectivity index (χ4v) is 2.46. The molecule has 1 heterocycles. The first-order chi connectivity index (χ1) is 9.15. The third-order valence-electron chi connectivity index (χ3n) is 2.80. The summed E-state index contributed by atoms with van der Waals surface area (Å²) in [6.45, 7) is 0.213. The van der Waals surface area contributed by atoms with E-state index in [4.69, 9.17) is 16.7 Å². The molecule has 0 amide bonds. The minimum absolute atomic E-state index is 0.0703. The highest BCUT2D eigenvalue weighted by molar-refractivity contribution is 7.98. The number of benzene rings is 1. The number of aromatic nitrogens is 1. The molecule has 1 aromatic heterocycles. The third kappa shape index (κ3) is 3.21. The fraction of sp³-hybridized carbons (Fsp3) is 0.214. The molecular weight excluding hydrogens is 282 g/mol. The third-order valence-corrected chi connectivity index (χ3v) is 3.76. The van der Waals surface area contributed by atoms with Crippen molar-refractivity contribution in [1.82, 2.24) is 4.57 Å². The van der Waals surface area contributed by atoms with Crippen molar-refractivity contribution in [2.75, 3.05) is 12.9 Å². The molecule has 0 saturated heterocycles. The molecule has 2 rings (SSSR count). The molecule has 0 radical (unpaired) electrons. The monoisotopic (exact) mass is 295 g/mol. The fourth-order valence-electron chi connectivity index (χ4n) is 1.88. The molecule has 0 spiro atoms. The van der Waals surface area contributed by atoms with Crippen LogP contribution in [-0.2, 0) is 6.54 Å². The predicted octanol–water partition coefficient (Wildman–Crippen LogP) is 2.88. The van der Waals surface area contributed by atoms with Gasteiger partial charge in [-0.1, -0.05) is 23.7 Å². The second-order valence-corrected chi connectivity index (χ2v) is 5.32. The lowest BCUT2D eigenvalue weighted by Gasteiger charge is -2.13. The van der Waals surface area contributed by atoms with Gasteiger partial charge < -0.3 is 9.67 Å². The van der Waals surface area contributed by atoms with E-state index in [1.165, 1.54) is 11.8 Å². The molecular formula is C14H14ClNO2S. The van der Waals surface area contributed by atoms with Crippen molar-refractivity contribution in [2.24, 2.45) is 0 Å². The molecule has 3 nitrogen and oxygen atoms in total. The lowest BCUT2D eigenvalue weighted by atomic mass is 10.1. The Hall–Kier alpha value is -1.23. The summed E-state index contributed by atoms with van der Waals surface area (Å²) in [6.07, 6.45) is 1.93. The summed E-state index contributed by atoms with van der Waals surface area (Å²) < 4.78 is 1.57. The Morgan fingerprint density at radius 1 is 1.26 bits per heavy atom. The Morgan fingerprint density at radius 2 is 1.95 bits per heavy atom. The molecule has 5 heteroatoms. The molecule has 0 aliphatic rings. The average molecular weight is 296 g/mol. The second kappa shape index (κ2) is 6.28. The quantitative estimate of drug-likeness (QED) is 0.882. The van der Waals surface area contributed by atoms with Gasteiger partial charge in [-0.3, -0.25) is 4.79 Å². The van der Waals surface area contributed by atoms with Crippen molar-refractivity contribution in [2.45, 2.75) is 11.4 Å². The summed E-state index contributed by atoms with van der Waals surface area (Å²) in [6, 6.07) is 10.8. The Labute approximate surface area is 120 Å². The molecule has 0 saturated carbocycles. The molecule has 100 valence electrons. The highest BCUT2D eigenvalue weighted by Crippen LogP contribution is 2.24. The van der Waals surface area contributed by atoms with E-state index in [-0.39, 0.29) is 18.7 Å². The van der Waals surface area contributed by atoms with Gasteiger partial charge in [-0.2, -0.15) is 0 Å². The van der Waals surface area contributed by atoms with Gasteiger partial charge in [0.15, 0.2) is 0 Å². The van der Waals surface area contributed by atoms with E-state index >= 15 is 0 Å². The number of pyridine rings is 1. The van der Waals surface area contributed by atoms with E-state index in [1.54, 1.807) is 22.8 Å². The topological polar surface area (TPSA) is 42.2 Å². The van der Waals surface area contributed by atoms with Gasteiger partial charge in [0.05, 0.1) is 12.3 Å². The normalized spacial score (nSPS) is 10.7. The molecule has 0 atom stereocenters. The largest absolute Gasteiger partial charge is 0.395 e. The minimum Gasteiger partial charge on any atom is -0.395 e. The smallest absolute Gasteiger partial charge is 0.252 e. The predicted molar refractivity (Wildman–Crippen MR) is 80.0 cm³/mol. The van der Waals surface area contributed by atoms with Crippen LogP contribution in [0.1, 0.15) is 0 Å². The van der Waals surface area contributed by atoms with Crippen molar-refractivity contribution >= 4 is 23.4 Å². The second-order valence-electron chi connectivity index (χ2n) is 4.00. The van der Waals surface area contributed by atoms with Crippen LogP contribution in [0.15, 0.2) is 46.1 Å². The zero-order chi connectivity index (χ0) is 13.8. The number of rotatable bonds is 4. The van der Waals surface area contributed by atoms with Crippen LogP contribution in [0.4, 0.5) is 0 Å². The maximum atomic E-state index is 12.1. The van der Waals surface area contributed by atoms with Gasteiger partial charge in [-0.25, -0.2) is 0 Å². The van der Waals surface area contributed by atoms with E-state index in [9.17, 15) is 4.79 Å². The number of hydrogen-bond acceptors (Lipinski definition) is 3. The Morgan fingerprint density at radius 3 is 2.53 bits per heavy atom. The first kappa shape index (κ1) is 14.2. The van der Waals surface area contributed by atoms with E-state index < -0.39 is 0 Å². The van der Waals surface area contributed by atoms with Crippen LogP contribution in [0, 0.1) is 0 Å². The average Bonchev–Trinajstić information content (AvgIpc) is 2.42. The standard InChI is InChI=1S/C14H14ClNO2S/c1-19-12-8-13(10-2-4-11(15)5-3-10)16(6-7-17)14(18)9-12/h2-5,8-9,17H,6-7H2,1H3. The molecule has 19 heavy (non-hydrogen) atoms.